The number of carbonyl (C=O) groups excluding carboxylic acids is 2. The lowest BCUT2D eigenvalue weighted by Crippen LogP contribution is -2.45. The van der Waals surface area contributed by atoms with Crippen molar-refractivity contribution in [1.82, 2.24) is 5.32 Å². The molecular formula is C21H24INO5. The molecule has 0 aliphatic carbocycles. The number of esters is 1. The minimum atomic E-state index is -0.914. The van der Waals surface area contributed by atoms with Crippen molar-refractivity contribution < 1.29 is 24.2 Å². The van der Waals surface area contributed by atoms with Gasteiger partial charge in [-0.1, -0.05) is 36.4 Å². The monoisotopic (exact) mass is 497 g/mol. The van der Waals surface area contributed by atoms with Gasteiger partial charge in [-0.25, -0.2) is 9.59 Å². The van der Waals surface area contributed by atoms with Crippen LogP contribution < -0.4 is 5.32 Å². The zero-order valence-corrected chi connectivity index (χ0v) is 18.2. The van der Waals surface area contributed by atoms with Gasteiger partial charge < -0.3 is 19.9 Å². The van der Waals surface area contributed by atoms with Gasteiger partial charge in [0.1, 0.15) is 24.0 Å². The highest BCUT2D eigenvalue weighted by molar-refractivity contribution is 14.1. The molecule has 28 heavy (non-hydrogen) atoms. The molecule has 6 nitrogen and oxygen atoms in total. The third-order valence-electron chi connectivity index (χ3n) is 3.65. The van der Waals surface area contributed by atoms with Crippen LogP contribution in [0, 0.1) is 3.57 Å². The van der Waals surface area contributed by atoms with Crippen molar-refractivity contribution in [3.63, 3.8) is 0 Å². The van der Waals surface area contributed by atoms with Crippen LogP contribution in [0.1, 0.15) is 31.9 Å². The first kappa shape index (κ1) is 22.0. The lowest BCUT2D eigenvalue weighted by Gasteiger charge is -2.24. The Kier molecular flexibility index (Phi) is 7.68. The van der Waals surface area contributed by atoms with Gasteiger partial charge in [0.25, 0.3) is 0 Å². The van der Waals surface area contributed by atoms with Crippen molar-refractivity contribution in [2.24, 2.45) is 0 Å². The summed E-state index contributed by atoms with van der Waals surface area (Å²) in [6.45, 7) is 5.39. The van der Waals surface area contributed by atoms with Gasteiger partial charge in [-0.05, 0) is 66.6 Å². The van der Waals surface area contributed by atoms with E-state index < -0.39 is 23.7 Å². The molecule has 0 heterocycles. The normalized spacial score (nSPS) is 12.1. The molecule has 0 unspecified atom stereocenters. The van der Waals surface area contributed by atoms with Crippen molar-refractivity contribution in [2.45, 2.75) is 45.4 Å². The van der Waals surface area contributed by atoms with Gasteiger partial charge >= 0.3 is 12.1 Å². The highest BCUT2D eigenvalue weighted by atomic mass is 127. The maximum absolute atomic E-state index is 12.6. The van der Waals surface area contributed by atoms with Gasteiger partial charge in [-0.2, -0.15) is 0 Å². The van der Waals surface area contributed by atoms with E-state index in [1.54, 1.807) is 39.0 Å². The van der Waals surface area contributed by atoms with Crippen LogP contribution in [0.3, 0.4) is 0 Å². The van der Waals surface area contributed by atoms with E-state index in [0.29, 0.717) is 3.57 Å². The van der Waals surface area contributed by atoms with Crippen molar-refractivity contribution >= 4 is 34.7 Å². The number of nitrogens with one attached hydrogen (secondary N) is 1. The molecule has 0 bridgehead atoms. The van der Waals surface area contributed by atoms with Gasteiger partial charge in [0.2, 0.25) is 0 Å². The van der Waals surface area contributed by atoms with Crippen LogP contribution >= 0.6 is 22.6 Å². The Bertz CT molecular complexity index is 817. The van der Waals surface area contributed by atoms with Crippen LogP contribution in [0.2, 0.25) is 0 Å². The second kappa shape index (κ2) is 9.77. The molecule has 2 aromatic carbocycles. The molecule has 150 valence electrons. The lowest BCUT2D eigenvalue weighted by atomic mass is 10.1. The first-order valence-corrected chi connectivity index (χ1v) is 9.89. The van der Waals surface area contributed by atoms with E-state index >= 15 is 0 Å². The van der Waals surface area contributed by atoms with E-state index in [4.69, 9.17) is 9.47 Å². The van der Waals surface area contributed by atoms with Crippen LogP contribution in [-0.4, -0.2) is 28.8 Å². The summed E-state index contributed by atoms with van der Waals surface area (Å²) in [5, 5.41) is 12.3. The summed E-state index contributed by atoms with van der Waals surface area (Å²) >= 11 is 2.00. The van der Waals surface area contributed by atoms with Gasteiger partial charge in [0.05, 0.1) is 3.57 Å². The predicted octanol–water partition coefficient (Wildman–Crippen LogP) is 4.18. The largest absolute Gasteiger partial charge is 0.507 e. The van der Waals surface area contributed by atoms with E-state index in [0.717, 1.165) is 11.1 Å². The number of benzene rings is 2. The fraction of sp³-hybridized carbons (Fsp3) is 0.333. The van der Waals surface area contributed by atoms with Crippen molar-refractivity contribution in [3.8, 4) is 5.75 Å². The molecule has 7 heteroatoms. The molecule has 2 rings (SSSR count). The zero-order valence-electron chi connectivity index (χ0n) is 16.1. The Labute approximate surface area is 178 Å². The Balaban J connectivity index is 2.07. The molecule has 0 radical (unpaired) electrons. The summed E-state index contributed by atoms with van der Waals surface area (Å²) in [6.07, 6.45) is -0.487. The van der Waals surface area contributed by atoms with E-state index in [1.807, 2.05) is 52.9 Å². The fourth-order valence-electron chi connectivity index (χ4n) is 2.39. The second-order valence-corrected chi connectivity index (χ2v) is 8.44. The van der Waals surface area contributed by atoms with Crippen molar-refractivity contribution in [3.05, 3.63) is 63.2 Å². The minimum absolute atomic E-state index is 0.102. The Hall–Kier alpha value is -2.29. The topological polar surface area (TPSA) is 84.9 Å². The summed E-state index contributed by atoms with van der Waals surface area (Å²) in [6, 6.07) is 13.4. The molecule has 0 aromatic heterocycles. The number of phenolic OH excluding ortho intramolecular Hbond substituents is 1. The van der Waals surface area contributed by atoms with Crippen LogP contribution in [0.25, 0.3) is 0 Å². The molecule has 1 atom stereocenters. The van der Waals surface area contributed by atoms with E-state index in [1.165, 1.54) is 0 Å². The highest BCUT2D eigenvalue weighted by Gasteiger charge is 2.27. The Morgan fingerprint density at radius 1 is 1.11 bits per heavy atom. The lowest BCUT2D eigenvalue weighted by molar-refractivity contribution is -0.157. The number of aromatic hydroxyl groups is 1. The number of halogens is 1. The van der Waals surface area contributed by atoms with E-state index in [9.17, 15) is 14.7 Å². The average Bonchev–Trinajstić information content (AvgIpc) is 2.62. The summed E-state index contributed by atoms with van der Waals surface area (Å²) < 4.78 is 11.3. The van der Waals surface area contributed by atoms with Gasteiger partial charge in [-0.15, -0.1) is 0 Å². The Morgan fingerprint density at radius 2 is 1.79 bits per heavy atom. The minimum Gasteiger partial charge on any atom is -0.507 e. The smallest absolute Gasteiger partial charge is 0.408 e. The zero-order chi connectivity index (χ0) is 20.7. The molecule has 2 aromatic rings. The number of rotatable bonds is 6. The van der Waals surface area contributed by atoms with Crippen molar-refractivity contribution in [2.75, 3.05) is 0 Å². The quantitative estimate of drug-likeness (QED) is 0.462. The molecule has 0 saturated carbocycles. The maximum Gasteiger partial charge on any atom is 0.408 e. The third-order valence-corrected chi connectivity index (χ3v) is 4.51. The Morgan fingerprint density at radius 3 is 2.39 bits per heavy atom. The predicted molar refractivity (Wildman–Crippen MR) is 114 cm³/mol. The molecule has 0 aliphatic heterocycles. The van der Waals surface area contributed by atoms with Crippen LogP contribution in [-0.2, 0) is 27.3 Å². The van der Waals surface area contributed by atoms with Gasteiger partial charge in [-0.3, -0.25) is 0 Å². The van der Waals surface area contributed by atoms with Crippen LogP contribution in [0.15, 0.2) is 48.5 Å². The van der Waals surface area contributed by atoms with Gasteiger partial charge in [0, 0.05) is 6.42 Å². The first-order valence-electron chi connectivity index (χ1n) is 8.81. The molecule has 0 spiro atoms. The summed E-state index contributed by atoms with van der Waals surface area (Å²) in [5.74, 6) is -0.388. The number of phenols is 1. The number of amides is 1. The SMILES string of the molecule is CC(C)(C)OC(=O)[C@H](Cc1ccc(O)c(I)c1)NC(=O)OCc1ccccc1. The highest BCUT2D eigenvalue weighted by Crippen LogP contribution is 2.21. The van der Waals surface area contributed by atoms with Crippen molar-refractivity contribution in [1.29, 1.82) is 0 Å². The molecule has 0 aliphatic rings. The molecule has 1 amide bonds. The third kappa shape index (κ3) is 7.38. The van der Waals surface area contributed by atoms with E-state index in [-0.39, 0.29) is 18.8 Å². The molecule has 0 fully saturated rings. The van der Waals surface area contributed by atoms with Crippen LogP contribution in [0.5, 0.6) is 5.75 Å². The summed E-state index contributed by atoms with van der Waals surface area (Å²) in [7, 11) is 0. The first-order chi connectivity index (χ1) is 13.1. The molecular weight excluding hydrogens is 473 g/mol. The van der Waals surface area contributed by atoms with E-state index in [2.05, 4.69) is 5.32 Å². The number of carbonyl (C=O) groups is 2. The standard InChI is InChI=1S/C21H24INO5/c1-21(2,3)28-19(25)17(12-15-9-10-18(24)16(22)11-15)23-20(26)27-13-14-7-5-4-6-8-14/h4-11,17,24H,12-13H2,1-3H3,(H,23,26)/t17-/m0/s1. The van der Waals surface area contributed by atoms with Gasteiger partial charge in [0.15, 0.2) is 0 Å². The average molecular weight is 497 g/mol. The number of hydrogen-bond donors (Lipinski definition) is 2. The second-order valence-electron chi connectivity index (χ2n) is 7.28. The molecule has 2 N–H and O–H groups in total. The summed E-state index contributed by atoms with van der Waals surface area (Å²) in [4.78, 5) is 24.8. The van der Waals surface area contributed by atoms with Crippen LogP contribution in [0.4, 0.5) is 4.79 Å². The summed E-state index contributed by atoms with van der Waals surface area (Å²) in [5.41, 5.74) is 0.940. The fourth-order valence-corrected chi connectivity index (χ4v) is 2.97. The number of alkyl carbamates (subject to hydrolysis) is 1. The molecule has 0 saturated heterocycles. The number of hydrogen-bond acceptors (Lipinski definition) is 5. The maximum atomic E-state index is 12.6. The number of ether oxygens (including phenoxy) is 2.